The van der Waals surface area contributed by atoms with E-state index in [0.717, 1.165) is 23.7 Å². The first kappa shape index (κ1) is 14.9. The summed E-state index contributed by atoms with van der Waals surface area (Å²) in [5.74, 6) is 0. The largest absolute Gasteiger partial charge is 0.367 e. The highest BCUT2D eigenvalue weighted by Gasteiger charge is 2.09. The molecule has 0 aliphatic heterocycles. The smallest absolute Gasteiger partial charge is 0.0436 e. The number of nitrogens with zero attached hydrogens (tertiary/aromatic N) is 1. The minimum absolute atomic E-state index is 0.830. The molecule has 0 atom stereocenters. The van der Waals surface area contributed by atoms with Crippen molar-refractivity contribution in [2.24, 2.45) is 0 Å². The first-order valence-electron chi connectivity index (χ1n) is 7.09. The third kappa shape index (κ3) is 3.16. The van der Waals surface area contributed by atoms with E-state index in [2.05, 4.69) is 62.9 Å². The zero-order valence-electron chi connectivity index (χ0n) is 12.7. The Morgan fingerprint density at radius 2 is 1.75 bits per heavy atom. The Balaban J connectivity index is 2.28. The van der Waals surface area contributed by atoms with Crippen LogP contribution in [-0.2, 0) is 6.54 Å². The van der Waals surface area contributed by atoms with Gasteiger partial charge in [0.1, 0.15) is 0 Å². The summed E-state index contributed by atoms with van der Waals surface area (Å²) in [6.07, 6.45) is 0. The van der Waals surface area contributed by atoms with Crippen molar-refractivity contribution in [2.75, 3.05) is 11.4 Å². The van der Waals surface area contributed by atoms with Gasteiger partial charge in [0.15, 0.2) is 0 Å². The molecule has 2 aromatic carbocycles. The van der Waals surface area contributed by atoms with Crippen molar-refractivity contribution >= 4 is 17.3 Å². The lowest BCUT2D eigenvalue weighted by molar-refractivity contribution is 0.825. The second-order valence-electron chi connectivity index (χ2n) is 5.31. The van der Waals surface area contributed by atoms with Gasteiger partial charge in [-0.15, -0.1) is 0 Å². The van der Waals surface area contributed by atoms with Crippen molar-refractivity contribution in [2.45, 2.75) is 34.2 Å². The monoisotopic (exact) mass is 287 g/mol. The molecular formula is C18H22ClN. The normalized spacial score (nSPS) is 10.7. The standard InChI is InChI=1S/C18H22ClN/c1-5-20(17-9-10-18(19)14(3)11-17)12-16-8-6-7-13(2)15(16)4/h6-11H,5,12H2,1-4H3. The van der Waals surface area contributed by atoms with Crippen molar-refractivity contribution in [1.82, 2.24) is 0 Å². The van der Waals surface area contributed by atoms with Gasteiger partial charge in [-0.05, 0) is 68.1 Å². The van der Waals surface area contributed by atoms with Gasteiger partial charge in [0.25, 0.3) is 0 Å². The zero-order valence-corrected chi connectivity index (χ0v) is 13.5. The molecule has 0 saturated carbocycles. The molecule has 0 bridgehead atoms. The summed E-state index contributed by atoms with van der Waals surface area (Å²) in [6, 6.07) is 12.8. The van der Waals surface area contributed by atoms with Gasteiger partial charge in [0.2, 0.25) is 0 Å². The van der Waals surface area contributed by atoms with E-state index in [9.17, 15) is 0 Å². The van der Waals surface area contributed by atoms with Gasteiger partial charge in [-0.3, -0.25) is 0 Å². The third-order valence-corrected chi connectivity index (χ3v) is 4.39. The fraction of sp³-hybridized carbons (Fsp3) is 0.333. The highest BCUT2D eigenvalue weighted by Crippen LogP contribution is 2.24. The molecule has 0 spiro atoms. The van der Waals surface area contributed by atoms with E-state index in [1.807, 2.05) is 6.07 Å². The summed E-state index contributed by atoms with van der Waals surface area (Å²) in [6.45, 7) is 10.5. The minimum atomic E-state index is 0.830. The topological polar surface area (TPSA) is 3.24 Å². The number of hydrogen-bond acceptors (Lipinski definition) is 1. The molecule has 0 aromatic heterocycles. The maximum Gasteiger partial charge on any atom is 0.0436 e. The molecule has 0 heterocycles. The van der Waals surface area contributed by atoms with E-state index < -0.39 is 0 Å². The molecule has 0 aliphatic rings. The average molecular weight is 288 g/mol. The van der Waals surface area contributed by atoms with Gasteiger partial charge in [0, 0.05) is 23.8 Å². The Morgan fingerprint density at radius 1 is 1.00 bits per heavy atom. The second-order valence-corrected chi connectivity index (χ2v) is 5.71. The Morgan fingerprint density at radius 3 is 2.40 bits per heavy atom. The van der Waals surface area contributed by atoms with E-state index in [4.69, 9.17) is 11.6 Å². The number of rotatable bonds is 4. The van der Waals surface area contributed by atoms with Crippen molar-refractivity contribution in [1.29, 1.82) is 0 Å². The Bertz CT molecular complexity index is 604. The number of benzene rings is 2. The van der Waals surface area contributed by atoms with Crippen LogP contribution >= 0.6 is 11.6 Å². The van der Waals surface area contributed by atoms with Crippen LogP contribution in [0.4, 0.5) is 5.69 Å². The number of hydrogen-bond donors (Lipinski definition) is 0. The first-order chi connectivity index (χ1) is 9.52. The van der Waals surface area contributed by atoms with Crippen LogP contribution in [0.2, 0.25) is 5.02 Å². The van der Waals surface area contributed by atoms with Gasteiger partial charge < -0.3 is 4.90 Å². The molecule has 0 unspecified atom stereocenters. The number of anilines is 1. The summed E-state index contributed by atoms with van der Waals surface area (Å²) >= 11 is 6.12. The van der Waals surface area contributed by atoms with Crippen molar-refractivity contribution in [3.05, 3.63) is 63.7 Å². The van der Waals surface area contributed by atoms with Crippen LogP contribution < -0.4 is 4.90 Å². The van der Waals surface area contributed by atoms with Crippen molar-refractivity contribution in [3.63, 3.8) is 0 Å². The summed E-state index contributed by atoms with van der Waals surface area (Å²) in [4.78, 5) is 2.38. The molecule has 0 amide bonds. The average Bonchev–Trinajstić information content (AvgIpc) is 2.44. The first-order valence-corrected chi connectivity index (χ1v) is 7.47. The van der Waals surface area contributed by atoms with Crippen LogP contribution in [-0.4, -0.2) is 6.54 Å². The predicted octanol–water partition coefficient (Wildman–Crippen LogP) is 5.29. The van der Waals surface area contributed by atoms with Crippen LogP contribution in [0.1, 0.15) is 29.2 Å². The molecule has 20 heavy (non-hydrogen) atoms. The summed E-state index contributed by atoms with van der Waals surface area (Å²) in [5.41, 5.74) is 6.49. The van der Waals surface area contributed by atoms with Crippen LogP contribution in [0.15, 0.2) is 36.4 Å². The van der Waals surface area contributed by atoms with E-state index in [0.29, 0.717) is 0 Å². The van der Waals surface area contributed by atoms with E-state index >= 15 is 0 Å². The van der Waals surface area contributed by atoms with Crippen molar-refractivity contribution in [3.8, 4) is 0 Å². The lowest BCUT2D eigenvalue weighted by Crippen LogP contribution is -2.22. The minimum Gasteiger partial charge on any atom is -0.367 e. The Hall–Kier alpha value is -1.47. The highest BCUT2D eigenvalue weighted by atomic mass is 35.5. The van der Waals surface area contributed by atoms with E-state index in [-0.39, 0.29) is 0 Å². The van der Waals surface area contributed by atoms with Gasteiger partial charge in [-0.1, -0.05) is 29.8 Å². The highest BCUT2D eigenvalue weighted by molar-refractivity contribution is 6.31. The van der Waals surface area contributed by atoms with Crippen LogP contribution in [0.5, 0.6) is 0 Å². The van der Waals surface area contributed by atoms with Crippen LogP contribution in [0.25, 0.3) is 0 Å². The van der Waals surface area contributed by atoms with E-state index in [1.54, 1.807) is 0 Å². The van der Waals surface area contributed by atoms with Gasteiger partial charge in [0.05, 0.1) is 0 Å². The fourth-order valence-corrected chi connectivity index (χ4v) is 2.52. The molecular weight excluding hydrogens is 266 g/mol. The quantitative estimate of drug-likeness (QED) is 0.738. The fourth-order valence-electron chi connectivity index (χ4n) is 2.40. The summed E-state index contributed by atoms with van der Waals surface area (Å²) < 4.78 is 0. The molecule has 1 nitrogen and oxygen atoms in total. The summed E-state index contributed by atoms with van der Waals surface area (Å²) in [5, 5.41) is 0.830. The maximum absolute atomic E-state index is 6.12. The molecule has 106 valence electrons. The Kier molecular flexibility index (Phi) is 4.72. The molecule has 0 N–H and O–H groups in total. The molecule has 0 aliphatic carbocycles. The lowest BCUT2D eigenvalue weighted by Gasteiger charge is -2.25. The van der Waals surface area contributed by atoms with Gasteiger partial charge in [-0.25, -0.2) is 0 Å². The molecule has 2 aromatic rings. The Labute approximate surface area is 127 Å². The van der Waals surface area contributed by atoms with Gasteiger partial charge in [-0.2, -0.15) is 0 Å². The number of aryl methyl sites for hydroxylation is 2. The molecule has 2 heteroatoms. The predicted molar refractivity (Wildman–Crippen MR) is 88.8 cm³/mol. The molecule has 0 radical (unpaired) electrons. The number of halogens is 1. The van der Waals surface area contributed by atoms with Crippen LogP contribution in [0, 0.1) is 20.8 Å². The van der Waals surface area contributed by atoms with Gasteiger partial charge >= 0.3 is 0 Å². The maximum atomic E-state index is 6.12. The molecule has 0 saturated heterocycles. The lowest BCUT2D eigenvalue weighted by atomic mass is 10.0. The second kappa shape index (κ2) is 6.32. The SMILES string of the molecule is CCN(Cc1cccc(C)c1C)c1ccc(Cl)c(C)c1. The van der Waals surface area contributed by atoms with Crippen LogP contribution in [0.3, 0.4) is 0 Å². The van der Waals surface area contributed by atoms with Crippen molar-refractivity contribution < 1.29 is 0 Å². The third-order valence-electron chi connectivity index (χ3n) is 3.97. The summed E-state index contributed by atoms with van der Waals surface area (Å²) in [7, 11) is 0. The molecule has 2 rings (SSSR count). The van der Waals surface area contributed by atoms with E-state index in [1.165, 1.54) is 22.4 Å². The zero-order chi connectivity index (χ0) is 14.7. The molecule has 0 fully saturated rings.